The Balaban J connectivity index is 1.78. The highest BCUT2D eigenvalue weighted by atomic mass is 16.3. The fraction of sp³-hybridized carbons (Fsp3) is 0.462. The van der Waals surface area contributed by atoms with Gasteiger partial charge in [-0.2, -0.15) is 0 Å². The zero-order valence-electron chi connectivity index (χ0n) is 10.4. The van der Waals surface area contributed by atoms with Gasteiger partial charge in [0.25, 0.3) is 0 Å². The molecule has 3 heterocycles. The molecule has 1 fully saturated rings. The molecule has 0 saturated carbocycles. The highest BCUT2D eigenvalue weighted by Gasteiger charge is 2.19. The third-order valence-electron chi connectivity index (χ3n) is 3.48. The summed E-state index contributed by atoms with van der Waals surface area (Å²) in [7, 11) is 0. The number of piperazine rings is 1. The molecule has 1 saturated heterocycles. The molecule has 2 aromatic heterocycles. The SMILES string of the molecule is NCCN1CCN(c2nccc3occc23)CC1. The minimum Gasteiger partial charge on any atom is -0.464 e. The molecule has 0 unspecified atom stereocenters. The van der Waals surface area contributed by atoms with E-state index in [1.165, 1.54) is 0 Å². The van der Waals surface area contributed by atoms with Crippen LogP contribution in [0.15, 0.2) is 29.0 Å². The maximum absolute atomic E-state index is 5.59. The summed E-state index contributed by atoms with van der Waals surface area (Å²) in [6.45, 7) is 5.81. The summed E-state index contributed by atoms with van der Waals surface area (Å²) >= 11 is 0. The molecular formula is C13H18N4O. The minimum atomic E-state index is 0.732. The van der Waals surface area contributed by atoms with Gasteiger partial charge in [0.15, 0.2) is 0 Å². The van der Waals surface area contributed by atoms with Crippen LogP contribution in [0.1, 0.15) is 0 Å². The normalized spacial score (nSPS) is 17.5. The quantitative estimate of drug-likeness (QED) is 0.872. The smallest absolute Gasteiger partial charge is 0.139 e. The molecule has 96 valence electrons. The third kappa shape index (κ3) is 2.07. The van der Waals surface area contributed by atoms with Crippen molar-refractivity contribution in [1.82, 2.24) is 9.88 Å². The molecule has 1 aliphatic heterocycles. The van der Waals surface area contributed by atoms with Crippen LogP contribution in [0.5, 0.6) is 0 Å². The Morgan fingerprint density at radius 2 is 2.06 bits per heavy atom. The maximum atomic E-state index is 5.59. The number of aromatic nitrogens is 1. The molecule has 0 aromatic carbocycles. The zero-order chi connectivity index (χ0) is 12.4. The topological polar surface area (TPSA) is 58.5 Å². The van der Waals surface area contributed by atoms with Gasteiger partial charge in [-0.05, 0) is 12.1 Å². The molecular weight excluding hydrogens is 228 g/mol. The monoisotopic (exact) mass is 246 g/mol. The highest BCUT2D eigenvalue weighted by molar-refractivity contribution is 5.88. The summed E-state index contributed by atoms with van der Waals surface area (Å²) in [4.78, 5) is 9.22. The van der Waals surface area contributed by atoms with E-state index in [4.69, 9.17) is 10.2 Å². The molecule has 0 atom stereocenters. The van der Waals surface area contributed by atoms with Gasteiger partial charge >= 0.3 is 0 Å². The lowest BCUT2D eigenvalue weighted by molar-refractivity contribution is 0.264. The maximum Gasteiger partial charge on any atom is 0.139 e. The number of hydrogen-bond acceptors (Lipinski definition) is 5. The summed E-state index contributed by atoms with van der Waals surface area (Å²) < 4.78 is 5.42. The molecule has 0 spiro atoms. The molecule has 1 aliphatic rings. The van der Waals surface area contributed by atoms with Crippen molar-refractivity contribution < 1.29 is 4.42 Å². The fourth-order valence-corrected chi connectivity index (χ4v) is 2.50. The summed E-state index contributed by atoms with van der Waals surface area (Å²) in [5.41, 5.74) is 6.49. The summed E-state index contributed by atoms with van der Waals surface area (Å²) in [6, 6.07) is 3.90. The second-order valence-corrected chi connectivity index (χ2v) is 4.58. The lowest BCUT2D eigenvalue weighted by Crippen LogP contribution is -2.48. The average molecular weight is 246 g/mol. The molecule has 2 aromatic rings. The van der Waals surface area contributed by atoms with Crippen molar-refractivity contribution in [3.05, 3.63) is 24.6 Å². The van der Waals surface area contributed by atoms with E-state index in [0.29, 0.717) is 0 Å². The Kier molecular flexibility index (Phi) is 3.17. The van der Waals surface area contributed by atoms with Crippen LogP contribution in [0, 0.1) is 0 Å². The lowest BCUT2D eigenvalue weighted by atomic mass is 10.2. The van der Waals surface area contributed by atoms with Crippen LogP contribution in [0.3, 0.4) is 0 Å². The average Bonchev–Trinajstić information content (AvgIpc) is 2.88. The molecule has 0 bridgehead atoms. The van der Waals surface area contributed by atoms with Crippen molar-refractivity contribution in [1.29, 1.82) is 0 Å². The number of nitrogens with two attached hydrogens (primary N) is 1. The first-order valence-electron chi connectivity index (χ1n) is 6.38. The Labute approximate surface area is 106 Å². The second-order valence-electron chi connectivity index (χ2n) is 4.58. The standard InChI is InChI=1S/C13H18N4O/c14-3-5-16-6-8-17(9-7-16)13-11-2-10-18-12(11)1-4-15-13/h1-2,4,10H,3,5-9,14H2. The highest BCUT2D eigenvalue weighted by Crippen LogP contribution is 2.25. The van der Waals surface area contributed by atoms with Crippen molar-refractivity contribution >= 4 is 16.8 Å². The van der Waals surface area contributed by atoms with E-state index in [9.17, 15) is 0 Å². The largest absolute Gasteiger partial charge is 0.464 e. The summed E-state index contributed by atoms with van der Waals surface area (Å²) in [5, 5.41) is 1.10. The number of fused-ring (bicyclic) bond motifs is 1. The van der Waals surface area contributed by atoms with Gasteiger partial charge in [0.1, 0.15) is 11.4 Å². The first-order chi connectivity index (χ1) is 8.88. The van der Waals surface area contributed by atoms with Crippen LogP contribution < -0.4 is 10.6 Å². The van der Waals surface area contributed by atoms with E-state index in [2.05, 4.69) is 14.8 Å². The van der Waals surface area contributed by atoms with Crippen molar-refractivity contribution in [3.63, 3.8) is 0 Å². The van der Waals surface area contributed by atoms with Crippen LogP contribution in [-0.2, 0) is 0 Å². The first kappa shape index (κ1) is 11.5. The summed E-state index contributed by atoms with van der Waals surface area (Å²) in [6.07, 6.45) is 3.54. The Hall–Kier alpha value is -1.59. The summed E-state index contributed by atoms with van der Waals surface area (Å²) in [5.74, 6) is 1.04. The third-order valence-corrected chi connectivity index (χ3v) is 3.48. The van der Waals surface area contributed by atoms with Crippen molar-refractivity contribution in [2.75, 3.05) is 44.2 Å². The van der Waals surface area contributed by atoms with Gasteiger partial charge in [0, 0.05) is 45.5 Å². The number of hydrogen-bond donors (Lipinski definition) is 1. The van der Waals surface area contributed by atoms with E-state index in [1.54, 1.807) is 6.26 Å². The number of furan rings is 1. The van der Waals surface area contributed by atoms with E-state index >= 15 is 0 Å². The van der Waals surface area contributed by atoms with Crippen molar-refractivity contribution in [2.45, 2.75) is 0 Å². The molecule has 3 rings (SSSR count). The Morgan fingerprint density at radius 1 is 1.22 bits per heavy atom. The molecule has 0 aliphatic carbocycles. The van der Waals surface area contributed by atoms with Crippen LogP contribution in [-0.4, -0.2) is 49.2 Å². The van der Waals surface area contributed by atoms with Crippen LogP contribution in [0.2, 0.25) is 0 Å². The first-order valence-corrected chi connectivity index (χ1v) is 6.38. The van der Waals surface area contributed by atoms with Gasteiger partial charge < -0.3 is 15.1 Å². The van der Waals surface area contributed by atoms with Gasteiger partial charge in [-0.1, -0.05) is 0 Å². The molecule has 0 radical (unpaired) electrons. The van der Waals surface area contributed by atoms with Crippen LogP contribution >= 0.6 is 0 Å². The number of anilines is 1. The molecule has 0 amide bonds. The molecule has 18 heavy (non-hydrogen) atoms. The Morgan fingerprint density at radius 3 is 2.83 bits per heavy atom. The van der Waals surface area contributed by atoms with E-state index < -0.39 is 0 Å². The molecule has 2 N–H and O–H groups in total. The van der Waals surface area contributed by atoms with Gasteiger partial charge in [0.05, 0.1) is 11.6 Å². The van der Waals surface area contributed by atoms with Crippen molar-refractivity contribution in [2.24, 2.45) is 5.73 Å². The van der Waals surface area contributed by atoms with Crippen LogP contribution in [0.25, 0.3) is 11.0 Å². The van der Waals surface area contributed by atoms with Gasteiger partial charge in [-0.15, -0.1) is 0 Å². The van der Waals surface area contributed by atoms with E-state index in [1.807, 2.05) is 18.3 Å². The van der Waals surface area contributed by atoms with Gasteiger partial charge in [-0.3, -0.25) is 4.90 Å². The predicted molar refractivity (Wildman–Crippen MR) is 71.7 cm³/mol. The van der Waals surface area contributed by atoms with E-state index in [-0.39, 0.29) is 0 Å². The lowest BCUT2D eigenvalue weighted by Gasteiger charge is -2.35. The van der Waals surface area contributed by atoms with Gasteiger partial charge in [-0.25, -0.2) is 4.98 Å². The Bertz CT molecular complexity index is 516. The van der Waals surface area contributed by atoms with Gasteiger partial charge in [0.2, 0.25) is 0 Å². The minimum absolute atomic E-state index is 0.732. The zero-order valence-corrected chi connectivity index (χ0v) is 10.4. The van der Waals surface area contributed by atoms with Crippen LogP contribution in [0.4, 0.5) is 5.82 Å². The number of rotatable bonds is 3. The molecule has 5 heteroatoms. The predicted octanol–water partition coefficient (Wildman–Crippen LogP) is 0.908. The number of pyridine rings is 1. The fourth-order valence-electron chi connectivity index (χ4n) is 2.50. The van der Waals surface area contributed by atoms with Crippen molar-refractivity contribution in [3.8, 4) is 0 Å². The van der Waals surface area contributed by atoms with E-state index in [0.717, 1.165) is 56.1 Å². The second kappa shape index (κ2) is 4.96. The number of nitrogens with zero attached hydrogens (tertiary/aromatic N) is 3. The molecule has 5 nitrogen and oxygen atoms in total.